The van der Waals surface area contributed by atoms with Gasteiger partial charge < -0.3 is 5.32 Å². The number of Topliss-reactive ketones (excluding diaryl/α,β-unsaturated/α-hetero) is 1. The molecular weight excluding hydrogens is 388 g/mol. The minimum Gasteiger partial charge on any atom is -0.344 e. The predicted octanol–water partition coefficient (Wildman–Crippen LogP) is 2.67. The van der Waals surface area contributed by atoms with Crippen molar-refractivity contribution in [2.75, 3.05) is 10.8 Å². The molecular formula is C22H20N2O4S. The highest BCUT2D eigenvalue weighted by atomic mass is 32.2. The van der Waals surface area contributed by atoms with Gasteiger partial charge in [0.05, 0.1) is 16.6 Å². The molecule has 1 aliphatic rings. The van der Waals surface area contributed by atoms with E-state index in [1.54, 1.807) is 24.3 Å². The van der Waals surface area contributed by atoms with Crippen LogP contribution in [0.2, 0.25) is 0 Å². The van der Waals surface area contributed by atoms with E-state index in [9.17, 15) is 18.0 Å². The van der Waals surface area contributed by atoms with Gasteiger partial charge in [-0.3, -0.25) is 13.9 Å². The molecule has 0 radical (unpaired) electrons. The van der Waals surface area contributed by atoms with Crippen molar-refractivity contribution in [2.24, 2.45) is 0 Å². The van der Waals surface area contributed by atoms with Crippen LogP contribution in [0, 0.1) is 0 Å². The fourth-order valence-electron chi connectivity index (χ4n) is 3.65. The number of amides is 1. The molecule has 0 saturated heterocycles. The minimum atomic E-state index is -3.82. The number of rotatable bonds is 6. The first kappa shape index (κ1) is 19.1. The Morgan fingerprint density at radius 1 is 0.966 bits per heavy atom. The summed E-state index contributed by atoms with van der Waals surface area (Å²) in [4.78, 5) is 24.9. The van der Waals surface area contributed by atoms with E-state index in [0.717, 1.165) is 15.3 Å². The molecule has 0 saturated carbocycles. The van der Waals surface area contributed by atoms with Crippen molar-refractivity contribution in [3.05, 3.63) is 72.3 Å². The van der Waals surface area contributed by atoms with Crippen LogP contribution >= 0.6 is 0 Å². The van der Waals surface area contributed by atoms with E-state index in [0.29, 0.717) is 17.5 Å². The Kier molecular flexibility index (Phi) is 4.84. The zero-order valence-electron chi connectivity index (χ0n) is 15.8. The first-order chi connectivity index (χ1) is 13.9. The molecule has 0 fully saturated rings. The van der Waals surface area contributed by atoms with Gasteiger partial charge in [0.1, 0.15) is 6.54 Å². The van der Waals surface area contributed by atoms with Gasteiger partial charge in [0.25, 0.3) is 10.0 Å². The average molecular weight is 408 g/mol. The van der Waals surface area contributed by atoms with Gasteiger partial charge >= 0.3 is 0 Å². The smallest absolute Gasteiger partial charge is 0.265 e. The molecule has 0 aromatic heterocycles. The monoisotopic (exact) mass is 408 g/mol. The Hall–Kier alpha value is -3.19. The second-order valence-corrected chi connectivity index (χ2v) is 8.89. The number of carbonyl (C=O) groups is 2. The lowest BCUT2D eigenvalue weighted by atomic mass is 10.0. The minimum absolute atomic E-state index is 0.183. The molecule has 148 valence electrons. The lowest BCUT2D eigenvalue weighted by Crippen LogP contribution is -2.46. The summed E-state index contributed by atoms with van der Waals surface area (Å²) < 4.78 is 27.1. The lowest BCUT2D eigenvalue weighted by Gasteiger charge is -2.21. The number of nitrogens with one attached hydrogen (secondary N) is 1. The molecule has 4 rings (SSSR count). The first-order valence-corrected chi connectivity index (χ1v) is 10.7. The number of hydrogen-bond donors (Lipinski definition) is 1. The van der Waals surface area contributed by atoms with Gasteiger partial charge in [0, 0.05) is 5.39 Å². The summed E-state index contributed by atoms with van der Waals surface area (Å²) in [6.45, 7) is 1.03. The molecule has 0 bridgehead atoms. The maximum atomic E-state index is 13.0. The number of ketones is 1. The van der Waals surface area contributed by atoms with Gasteiger partial charge in [0.2, 0.25) is 5.91 Å². The van der Waals surface area contributed by atoms with E-state index in [2.05, 4.69) is 5.32 Å². The van der Waals surface area contributed by atoms with E-state index < -0.39 is 22.0 Å². The van der Waals surface area contributed by atoms with Crippen LogP contribution in [0.3, 0.4) is 0 Å². The van der Waals surface area contributed by atoms with Gasteiger partial charge in [-0.25, -0.2) is 8.42 Å². The van der Waals surface area contributed by atoms with E-state index >= 15 is 0 Å². The van der Waals surface area contributed by atoms with Crippen molar-refractivity contribution in [3.8, 4) is 0 Å². The predicted molar refractivity (Wildman–Crippen MR) is 111 cm³/mol. The van der Waals surface area contributed by atoms with Crippen LogP contribution < -0.4 is 9.62 Å². The highest BCUT2D eigenvalue weighted by Crippen LogP contribution is 2.41. The van der Waals surface area contributed by atoms with Gasteiger partial charge in [-0.2, -0.15) is 0 Å². The molecule has 1 heterocycles. The molecule has 0 aliphatic carbocycles. The zero-order valence-corrected chi connectivity index (χ0v) is 16.6. The highest BCUT2D eigenvalue weighted by Gasteiger charge is 2.37. The van der Waals surface area contributed by atoms with Crippen LogP contribution in [0.25, 0.3) is 10.8 Å². The zero-order chi connectivity index (χ0) is 20.6. The third-order valence-electron chi connectivity index (χ3n) is 5.08. The lowest BCUT2D eigenvalue weighted by molar-refractivity contribution is -0.125. The molecule has 6 nitrogen and oxygen atoms in total. The molecule has 0 spiro atoms. The third-order valence-corrected chi connectivity index (χ3v) is 6.88. The Balaban J connectivity index is 1.57. The van der Waals surface area contributed by atoms with Gasteiger partial charge in [-0.1, -0.05) is 54.6 Å². The van der Waals surface area contributed by atoms with Crippen molar-refractivity contribution in [1.29, 1.82) is 0 Å². The Bertz CT molecular complexity index is 1200. The van der Waals surface area contributed by atoms with Crippen LogP contribution in [0.5, 0.6) is 0 Å². The molecule has 1 N–H and O–H groups in total. The fourth-order valence-corrected chi connectivity index (χ4v) is 5.31. The topological polar surface area (TPSA) is 83.6 Å². The summed E-state index contributed by atoms with van der Waals surface area (Å²) in [6, 6.07) is 19.0. The van der Waals surface area contributed by atoms with Crippen molar-refractivity contribution >= 4 is 38.2 Å². The Morgan fingerprint density at radius 3 is 2.34 bits per heavy atom. The van der Waals surface area contributed by atoms with Crippen molar-refractivity contribution in [2.45, 2.75) is 24.3 Å². The average Bonchev–Trinajstić information content (AvgIpc) is 2.91. The number of nitrogens with zero attached hydrogens (tertiary/aromatic N) is 1. The van der Waals surface area contributed by atoms with Gasteiger partial charge in [-0.15, -0.1) is 0 Å². The summed E-state index contributed by atoms with van der Waals surface area (Å²) in [6.07, 6.45) is 0.352. The molecule has 7 heteroatoms. The molecule has 3 aromatic carbocycles. The van der Waals surface area contributed by atoms with Crippen LogP contribution in [0.4, 0.5) is 5.69 Å². The summed E-state index contributed by atoms with van der Waals surface area (Å²) in [5, 5.41) is 4.12. The molecule has 3 aromatic rings. The maximum absolute atomic E-state index is 13.0. The second-order valence-electron chi connectivity index (χ2n) is 7.06. The number of carbonyl (C=O) groups excluding carboxylic acids is 2. The normalized spacial score (nSPS) is 15.3. The molecule has 1 aliphatic heterocycles. The molecule has 0 unspecified atom stereocenters. The van der Waals surface area contributed by atoms with Gasteiger partial charge in [-0.05, 0) is 36.4 Å². The third kappa shape index (κ3) is 3.49. The second kappa shape index (κ2) is 7.33. The van der Waals surface area contributed by atoms with Crippen LogP contribution in [-0.2, 0) is 26.0 Å². The van der Waals surface area contributed by atoms with E-state index in [-0.39, 0.29) is 17.2 Å². The number of sulfonamides is 1. The standard InChI is InChI=1S/C22H20N2O4S/c1-15(25)18(13-16-7-3-2-4-8-16)23-21(26)14-24-19-11-5-9-17-10-6-12-20(22(17)19)29(24,27)28/h2-12,18H,13-14H2,1H3,(H,23,26)/t18-/m1/s1. The highest BCUT2D eigenvalue weighted by molar-refractivity contribution is 7.93. The number of benzene rings is 3. The van der Waals surface area contributed by atoms with Crippen LogP contribution in [-0.4, -0.2) is 32.7 Å². The Morgan fingerprint density at radius 2 is 1.66 bits per heavy atom. The molecule has 29 heavy (non-hydrogen) atoms. The maximum Gasteiger partial charge on any atom is 0.265 e. The van der Waals surface area contributed by atoms with E-state index in [1.807, 2.05) is 42.5 Å². The summed E-state index contributed by atoms with van der Waals surface area (Å²) in [5.41, 5.74) is 1.40. The number of anilines is 1. The van der Waals surface area contributed by atoms with Crippen molar-refractivity contribution in [3.63, 3.8) is 0 Å². The largest absolute Gasteiger partial charge is 0.344 e. The van der Waals surface area contributed by atoms with Gasteiger partial charge in [0.15, 0.2) is 5.78 Å². The van der Waals surface area contributed by atoms with Crippen molar-refractivity contribution in [1.82, 2.24) is 5.32 Å². The van der Waals surface area contributed by atoms with Crippen LogP contribution in [0.1, 0.15) is 12.5 Å². The van der Waals surface area contributed by atoms with E-state index in [1.165, 1.54) is 6.92 Å². The van der Waals surface area contributed by atoms with E-state index in [4.69, 9.17) is 0 Å². The number of hydrogen-bond acceptors (Lipinski definition) is 4. The van der Waals surface area contributed by atoms with Crippen LogP contribution in [0.15, 0.2) is 71.6 Å². The summed E-state index contributed by atoms with van der Waals surface area (Å²) in [5.74, 6) is -0.702. The summed E-state index contributed by atoms with van der Waals surface area (Å²) >= 11 is 0. The molecule has 1 amide bonds. The first-order valence-electron chi connectivity index (χ1n) is 9.26. The Labute approximate surface area is 169 Å². The fraction of sp³-hybridized carbons (Fsp3) is 0.182. The van der Waals surface area contributed by atoms with Crippen molar-refractivity contribution < 1.29 is 18.0 Å². The quantitative estimate of drug-likeness (QED) is 0.680. The summed E-state index contributed by atoms with van der Waals surface area (Å²) in [7, 11) is -3.82. The molecule has 1 atom stereocenters. The SMILES string of the molecule is CC(=O)[C@@H](Cc1ccccc1)NC(=O)CN1c2cccc3cccc(c23)S1(=O)=O.